The second-order valence-electron chi connectivity index (χ2n) is 4.00. The third kappa shape index (κ3) is 2.43. The molecule has 2 rings (SSSR count). The van der Waals surface area contributed by atoms with Crippen molar-refractivity contribution in [1.82, 2.24) is 14.4 Å². The molecule has 17 heavy (non-hydrogen) atoms. The highest BCUT2D eigenvalue weighted by atomic mass is 16.4. The van der Waals surface area contributed by atoms with Crippen LogP contribution in [0, 0.1) is 6.92 Å². The molecule has 0 radical (unpaired) electrons. The van der Waals surface area contributed by atoms with Crippen molar-refractivity contribution in [1.29, 1.82) is 0 Å². The lowest BCUT2D eigenvalue weighted by atomic mass is 10.2. The maximum Gasteiger partial charge on any atom is 0.303 e. The number of aromatic nitrogens is 3. The first-order valence-corrected chi connectivity index (χ1v) is 5.66. The molecule has 0 amide bonds. The van der Waals surface area contributed by atoms with Gasteiger partial charge in [-0.25, -0.2) is 9.97 Å². The Balaban J connectivity index is 2.36. The average molecular weight is 233 g/mol. The smallest absolute Gasteiger partial charge is 0.303 e. The molecule has 0 aliphatic heterocycles. The fourth-order valence-corrected chi connectivity index (χ4v) is 1.79. The van der Waals surface area contributed by atoms with Gasteiger partial charge >= 0.3 is 5.97 Å². The highest BCUT2D eigenvalue weighted by molar-refractivity contribution is 5.67. The molecule has 0 saturated heterocycles. The monoisotopic (exact) mass is 233 g/mol. The Bertz CT molecular complexity index is 560. The van der Waals surface area contributed by atoms with Crippen molar-refractivity contribution in [3.63, 3.8) is 0 Å². The van der Waals surface area contributed by atoms with Gasteiger partial charge in [0.05, 0.1) is 12.1 Å². The minimum absolute atomic E-state index is 0.108. The van der Waals surface area contributed by atoms with Gasteiger partial charge in [0.2, 0.25) is 0 Å². The summed E-state index contributed by atoms with van der Waals surface area (Å²) in [7, 11) is 0. The van der Waals surface area contributed by atoms with Crippen molar-refractivity contribution < 1.29 is 9.90 Å². The normalized spacial score (nSPS) is 10.9. The van der Waals surface area contributed by atoms with Crippen molar-refractivity contribution in [3.05, 3.63) is 29.5 Å². The van der Waals surface area contributed by atoms with Gasteiger partial charge in [0.15, 0.2) is 0 Å². The largest absolute Gasteiger partial charge is 0.481 e. The molecular weight excluding hydrogens is 218 g/mol. The SMILES string of the molecule is CCc1cc2nc(CCC(=O)O)cn2c(C)n1. The third-order valence-electron chi connectivity index (χ3n) is 2.69. The van der Waals surface area contributed by atoms with Crippen LogP contribution in [0.4, 0.5) is 0 Å². The maximum absolute atomic E-state index is 10.5. The van der Waals surface area contributed by atoms with Crippen LogP contribution in [0.5, 0.6) is 0 Å². The number of hydrogen-bond acceptors (Lipinski definition) is 3. The van der Waals surface area contributed by atoms with E-state index >= 15 is 0 Å². The average Bonchev–Trinajstić information content (AvgIpc) is 2.69. The molecule has 90 valence electrons. The maximum atomic E-state index is 10.5. The van der Waals surface area contributed by atoms with Gasteiger partial charge < -0.3 is 5.11 Å². The predicted molar refractivity (Wildman–Crippen MR) is 63.1 cm³/mol. The summed E-state index contributed by atoms with van der Waals surface area (Å²) in [6.07, 6.45) is 3.30. The Morgan fingerprint density at radius 1 is 1.41 bits per heavy atom. The Morgan fingerprint density at radius 3 is 2.82 bits per heavy atom. The zero-order chi connectivity index (χ0) is 12.4. The van der Waals surface area contributed by atoms with Crippen LogP contribution in [0.3, 0.4) is 0 Å². The molecule has 2 aromatic rings. The van der Waals surface area contributed by atoms with Gasteiger partial charge in [0, 0.05) is 24.4 Å². The zero-order valence-electron chi connectivity index (χ0n) is 9.97. The summed E-state index contributed by atoms with van der Waals surface area (Å²) >= 11 is 0. The number of carbonyl (C=O) groups is 1. The molecule has 2 heterocycles. The van der Waals surface area contributed by atoms with E-state index < -0.39 is 5.97 Å². The van der Waals surface area contributed by atoms with E-state index in [0.29, 0.717) is 6.42 Å². The molecule has 0 bridgehead atoms. The van der Waals surface area contributed by atoms with Crippen LogP contribution in [-0.4, -0.2) is 25.4 Å². The summed E-state index contributed by atoms with van der Waals surface area (Å²) in [5, 5.41) is 8.64. The first-order valence-electron chi connectivity index (χ1n) is 5.66. The second kappa shape index (κ2) is 4.53. The first-order chi connectivity index (χ1) is 8.10. The summed E-state index contributed by atoms with van der Waals surface area (Å²) in [5.74, 6) is 0.0829. The van der Waals surface area contributed by atoms with Crippen molar-refractivity contribution in [2.75, 3.05) is 0 Å². The molecule has 0 atom stereocenters. The molecule has 1 N–H and O–H groups in total. The van der Waals surface area contributed by atoms with Crippen molar-refractivity contribution >= 4 is 11.6 Å². The van der Waals surface area contributed by atoms with Gasteiger partial charge in [0.25, 0.3) is 0 Å². The minimum Gasteiger partial charge on any atom is -0.481 e. The quantitative estimate of drug-likeness (QED) is 0.871. The summed E-state index contributed by atoms with van der Waals surface area (Å²) in [6.45, 7) is 3.97. The lowest BCUT2D eigenvalue weighted by Gasteiger charge is -2.01. The van der Waals surface area contributed by atoms with E-state index in [1.54, 1.807) is 0 Å². The number of nitrogens with zero attached hydrogens (tertiary/aromatic N) is 3. The molecule has 5 heteroatoms. The van der Waals surface area contributed by atoms with Gasteiger partial charge in [-0.1, -0.05) is 6.92 Å². The first kappa shape index (κ1) is 11.6. The summed E-state index contributed by atoms with van der Waals surface area (Å²) in [5.41, 5.74) is 2.64. The number of hydrogen-bond donors (Lipinski definition) is 1. The summed E-state index contributed by atoms with van der Waals surface area (Å²) in [4.78, 5) is 19.4. The van der Waals surface area contributed by atoms with Crippen LogP contribution in [0.1, 0.15) is 30.6 Å². The number of aliphatic carboxylic acids is 1. The van der Waals surface area contributed by atoms with Gasteiger partial charge in [-0.2, -0.15) is 0 Å². The second-order valence-corrected chi connectivity index (χ2v) is 4.00. The number of carboxylic acids is 1. The van der Waals surface area contributed by atoms with Gasteiger partial charge in [-0.05, 0) is 13.3 Å². The van der Waals surface area contributed by atoms with Crippen molar-refractivity contribution in [2.24, 2.45) is 0 Å². The number of rotatable bonds is 4. The molecule has 0 aliphatic rings. The van der Waals surface area contributed by atoms with Crippen molar-refractivity contribution in [2.45, 2.75) is 33.1 Å². The molecule has 0 aliphatic carbocycles. The van der Waals surface area contributed by atoms with E-state index in [4.69, 9.17) is 5.11 Å². The molecule has 0 fully saturated rings. The standard InChI is InChI=1S/C12H15N3O2/c1-3-9-6-11-14-10(4-5-12(16)17)7-15(11)8(2)13-9/h6-7H,3-5H2,1-2H3,(H,16,17). The molecule has 0 saturated carbocycles. The third-order valence-corrected chi connectivity index (χ3v) is 2.69. The van der Waals surface area contributed by atoms with Crippen LogP contribution in [-0.2, 0) is 17.6 Å². The van der Waals surface area contributed by atoms with Gasteiger partial charge in [-0.15, -0.1) is 0 Å². The zero-order valence-corrected chi connectivity index (χ0v) is 9.97. The minimum atomic E-state index is -0.800. The highest BCUT2D eigenvalue weighted by Crippen LogP contribution is 2.11. The van der Waals surface area contributed by atoms with Crippen LogP contribution in [0.15, 0.2) is 12.3 Å². The van der Waals surface area contributed by atoms with Gasteiger partial charge in [0.1, 0.15) is 11.5 Å². The van der Waals surface area contributed by atoms with E-state index in [1.807, 2.05) is 30.5 Å². The summed E-state index contributed by atoms with van der Waals surface area (Å²) < 4.78 is 1.90. The predicted octanol–water partition coefficient (Wildman–Crippen LogP) is 1.62. The molecule has 0 aromatic carbocycles. The Morgan fingerprint density at radius 2 is 2.18 bits per heavy atom. The van der Waals surface area contributed by atoms with E-state index in [-0.39, 0.29) is 6.42 Å². The van der Waals surface area contributed by atoms with Crippen LogP contribution in [0.25, 0.3) is 5.65 Å². The van der Waals surface area contributed by atoms with E-state index in [2.05, 4.69) is 9.97 Å². The van der Waals surface area contributed by atoms with E-state index in [0.717, 1.165) is 29.3 Å². The molecule has 5 nitrogen and oxygen atoms in total. The Labute approximate surface area is 99.1 Å². The highest BCUT2D eigenvalue weighted by Gasteiger charge is 2.07. The van der Waals surface area contributed by atoms with Crippen LogP contribution in [0.2, 0.25) is 0 Å². The van der Waals surface area contributed by atoms with Crippen LogP contribution >= 0.6 is 0 Å². The topological polar surface area (TPSA) is 67.5 Å². The van der Waals surface area contributed by atoms with E-state index in [1.165, 1.54) is 0 Å². The molecular formula is C12H15N3O2. The number of aryl methyl sites for hydroxylation is 3. The Kier molecular flexibility index (Phi) is 3.08. The van der Waals surface area contributed by atoms with Crippen LogP contribution < -0.4 is 0 Å². The van der Waals surface area contributed by atoms with E-state index in [9.17, 15) is 4.79 Å². The lowest BCUT2D eigenvalue weighted by Crippen LogP contribution is -1.98. The number of fused-ring (bicyclic) bond motifs is 1. The van der Waals surface area contributed by atoms with Crippen molar-refractivity contribution in [3.8, 4) is 0 Å². The number of carboxylic acid groups (broad SMARTS) is 1. The molecule has 0 spiro atoms. The fraction of sp³-hybridized carbons (Fsp3) is 0.417. The fourth-order valence-electron chi connectivity index (χ4n) is 1.79. The number of imidazole rings is 1. The lowest BCUT2D eigenvalue weighted by molar-refractivity contribution is -0.136. The Hall–Kier alpha value is -1.91. The molecule has 0 unspecified atom stereocenters. The van der Waals surface area contributed by atoms with Gasteiger partial charge in [-0.3, -0.25) is 9.20 Å². The summed E-state index contributed by atoms with van der Waals surface area (Å²) in [6, 6.07) is 1.94. The molecule has 2 aromatic heterocycles.